The molecule has 6 nitrogen and oxygen atoms in total. The molecule has 38 heavy (non-hydrogen) atoms. The first kappa shape index (κ1) is 26.6. The summed E-state index contributed by atoms with van der Waals surface area (Å²) in [5.41, 5.74) is 4.07. The molecule has 0 aromatic heterocycles. The highest BCUT2D eigenvalue weighted by Crippen LogP contribution is 2.30. The number of hydrogen-bond acceptors (Lipinski definition) is 5. The highest BCUT2D eigenvalue weighted by Gasteiger charge is 2.11. The average molecular weight is 512 g/mol. The van der Waals surface area contributed by atoms with Crippen molar-refractivity contribution in [1.29, 1.82) is 0 Å². The molecule has 0 unspecified atom stereocenters. The number of ether oxygens (including phenoxy) is 4. The molecule has 0 aliphatic carbocycles. The van der Waals surface area contributed by atoms with Crippen LogP contribution in [-0.2, 0) is 30.8 Å². The molecule has 0 aliphatic rings. The van der Waals surface area contributed by atoms with E-state index in [2.05, 4.69) is 5.32 Å². The topological polar surface area (TPSA) is 66.0 Å². The van der Waals surface area contributed by atoms with Crippen molar-refractivity contribution in [3.05, 3.63) is 119 Å². The number of carbonyl (C=O) groups excluding carboxylic acids is 1. The Kier molecular flexibility index (Phi) is 9.63. The summed E-state index contributed by atoms with van der Waals surface area (Å²) in [5.74, 6) is 2.55. The van der Waals surface area contributed by atoms with Crippen LogP contribution in [0.3, 0.4) is 0 Å². The maximum absolute atomic E-state index is 12.6. The van der Waals surface area contributed by atoms with Crippen LogP contribution in [0.1, 0.15) is 22.3 Å². The summed E-state index contributed by atoms with van der Waals surface area (Å²) in [7, 11) is 3.23. The van der Waals surface area contributed by atoms with Crippen LogP contribution in [0.5, 0.6) is 23.0 Å². The second-order valence-electron chi connectivity index (χ2n) is 8.80. The number of rotatable bonds is 13. The molecular formula is C32H33NO5. The van der Waals surface area contributed by atoms with Gasteiger partial charge in [0, 0.05) is 6.54 Å². The number of benzene rings is 4. The van der Waals surface area contributed by atoms with Crippen LogP contribution in [0.2, 0.25) is 0 Å². The molecule has 4 rings (SSSR count). The van der Waals surface area contributed by atoms with Gasteiger partial charge in [0.15, 0.2) is 23.0 Å². The van der Waals surface area contributed by atoms with Crippen molar-refractivity contribution < 1.29 is 23.7 Å². The minimum Gasteiger partial charge on any atom is -0.493 e. The van der Waals surface area contributed by atoms with Gasteiger partial charge in [-0.15, -0.1) is 0 Å². The van der Waals surface area contributed by atoms with Crippen molar-refractivity contribution >= 4 is 5.91 Å². The molecule has 0 atom stereocenters. The molecule has 0 bridgehead atoms. The van der Waals surface area contributed by atoms with Crippen molar-refractivity contribution in [1.82, 2.24) is 5.32 Å². The zero-order valence-corrected chi connectivity index (χ0v) is 21.8. The van der Waals surface area contributed by atoms with Gasteiger partial charge in [0.2, 0.25) is 5.91 Å². The van der Waals surface area contributed by atoms with E-state index in [0.717, 1.165) is 22.3 Å². The first-order chi connectivity index (χ1) is 18.6. The van der Waals surface area contributed by atoms with E-state index in [1.54, 1.807) is 14.2 Å². The van der Waals surface area contributed by atoms with Crippen molar-refractivity contribution in [3.8, 4) is 23.0 Å². The third kappa shape index (κ3) is 7.77. The summed E-state index contributed by atoms with van der Waals surface area (Å²) in [6.07, 6.45) is 0.932. The van der Waals surface area contributed by atoms with E-state index in [1.807, 2.05) is 97.1 Å². The number of nitrogens with one attached hydrogen (secondary N) is 1. The minimum absolute atomic E-state index is 0.0558. The second-order valence-corrected chi connectivity index (χ2v) is 8.80. The van der Waals surface area contributed by atoms with Gasteiger partial charge in [-0.2, -0.15) is 0 Å². The first-order valence-corrected chi connectivity index (χ1v) is 12.6. The monoisotopic (exact) mass is 511 g/mol. The summed E-state index contributed by atoms with van der Waals surface area (Å²) in [6.45, 7) is 1.43. The Morgan fingerprint density at radius 2 is 1.11 bits per heavy atom. The molecular weight excluding hydrogens is 478 g/mol. The van der Waals surface area contributed by atoms with E-state index < -0.39 is 0 Å². The molecule has 0 aliphatic heterocycles. The van der Waals surface area contributed by atoms with Gasteiger partial charge >= 0.3 is 0 Å². The average Bonchev–Trinajstić information content (AvgIpc) is 2.96. The predicted octanol–water partition coefficient (Wildman–Crippen LogP) is 5.76. The van der Waals surface area contributed by atoms with E-state index in [1.165, 1.54) is 0 Å². The van der Waals surface area contributed by atoms with Crippen LogP contribution in [0.25, 0.3) is 0 Å². The van der Waals surface area contributed by atoms with Crippen LogP contribution < -0.4 is 24.3 Å². The van der Waals surface area contributed by atoms with Gasteiger partial charge in [-0.05, 0) is 52.9 Å². The normalized spacial score (nSPS) is 10.5. The Morgan fingerprint density at radius 3 is 1.63 bits per heavy atom. The number of amides is 1. The van der Waals surface area contributed by atoms with Gasteiger partial charge < -0.3 is 24.3 Å². The maximum atomic E-state index is 12.6. The van der Waals surface area contributed by atoms with E-state index in [0.29, 0.717) is 49.2 Å². The molecule has 0 fully saturated rings. The van der Waals surface area contributed by atoms with Crippen LogP contribution in [0, 0.1) is 0 Å². The summed E-state index contributed by atoms with van der Waals surface area (Å²) in [5, 5.41) is 2.99. The third-order valence-electron chi connectivity index (χ3n) is 6.03. The third-order valence-corrected chi connectivity index (χ3v) is 6.03. The molecule has 0 heterocycles. The van der Waals surface area contributed by atoms with Gasteiger partial charge in [-0.25, -0.2) is 0 Å². The fourth-order valence-corrected chi connectivity index (χ4v) is 3.99. The highest BCUT2D eigenvalue weighted by molar-refractivity contribution is 5.78. The lowest BCUT2D eigenvalue weighted by Gasteiger charge is -2.13. The lowest BCUT2D eigenvalue weighted by molar-refractivity contribution is -0.120. The summed E-state index contributed by atoms with van der Waals surface area (Å²) >= 11 is 0. The number of methoxy groups -OCH3 is 2. The van der Waals surface area contributed by atoms with Crippen molar-refractivity contribution in [2.75, 3.05) is 20.8 Å². The van der Waals surface area contributed by atoms with Gasteiger partial charge in [-0.3, -0.25) is 4.79 Å². The number of carbonyl (C=O) groups is 1. The number of hydrogen-bond donors (Lipinski definition) is 1. The van der Waals surface area contributed by atoms with Crippen LogP contribution in [-0.4, -0.2) is 26.7 Å². The van der Waals surface area contributed by atoms with E-state index in [9.17, 15) is 4.79 Å². The Labute approximate surface area is 224 Å². The van der Waals surface area contributed by atoms with Crippen molar-refractivity contribution in [3.63, 3.8) is 0 Å². The Bertz CT molecular complexity index is 1310. The Balaban J connectivity index is 1.25. The lowest BCUT2D eigenvalue weighted by atomic mass is 10.1. The Hall–Kier alpha value is -4.45. The zero-order chi connectivity index (χ0) is 26.6. The van der Waals surface area contributed by atoms with Gasteiger partial charge in [0.1, 0.15) is 13.2 Å². The highest BCUT2D eigenvalue weighted by atomic mass is 16.5. The SMILES string of the molecule is COc1cc(CCNC(=O)Cc2ccc(OCc3ccccc3)c(OC)c2)ccc1OCc1ccccc1. The molecule has 4 aromatic rings. The second kappa shape index (κ2) is 13.7. The van der Waals surface area contributed by atoms with E-state index in [-0.39, 0.29) is 12.3 Å². The van der Waals surface area contributed by atoms with Crippen molar-refractivity contribution in [2.24, 2.45) is 0 Å². The van der Waals surface area contributed by atoms with Crippen LogP contribution in [0.15, 0.2) is 97.1 Å². The molecule has 196 valence electrons. The Morgan fingerprint density at radius 1 is 0.605 bits per heavy atom. The first-order valence-electron chi connectivity index (χ1n) is 12.6. The summed E-state index contributed by atoms with van der Waals surface area (Å²) < 4.78 is 22.8. The van der Waals surface area contributed by atoms with Gasteiger partial charge in [0.05, 0.1) is 20.6 Å². The predicted molar refractivity (Wildman–Crippen MR) is 148 cm³/mol. The van der Waals surface area contributed by atoms with Crippen LogP contribution >= 0.6 is 0 Å². The quantitative estimate of drug-likeness (QED) is 0.247. The molecule has 0 radical (unpaired) electrons. The van der Waals surface area contributed by atoms with E-state index in [4.69, 9.17) is 18.9 Å². The fraction of sp³-hybridized carbons (Fsp3) is 0.219. The molecule has 0 spiro atoms. The minimum atomic E-state index is -0.0558. The fourth-order valence-electron chi connectivity index (χ4n) is 3.99. The lowest BCUT2D eigenvalue weighted by Crippen LogP contribution is -2.27. The summed E-state index contributed by atoms with van der Waals surface area (Å²) in [6, 6.07) is 31.4. The zero-order valence-electron chi connectivity index (χ0n) is 21.8. The van der Waals surface area contributed by atoms with Crippen LogP contribution in [0.4, 0.5) is 0 Å². The van der Waals surface area contributed by atoms with Gasteiger partial charge in [-0.1, -0.05) is 72.8 Å². The maximum Gasteiger partial charge on any atom is 0.224 e. The molecule has 0 saturated carbocycles. The van der Waals surface area contributed by atoms with Crippen molar-refractivity contribution in [2.45, 2.75) is 26.1 Å². The standard InChI is InChI=1S/C32H33NO5/c1-35-30-19-24(13-15-28(30)37-22-25-9-5-3-6-10-25)17-18-33-32(34)21-27-14-16-29(31(20-27)36-2)38-23-26-11-7-4-8-12-26/h3-16,19-20H,17-18,21-23H2,1-2H3,(H,33,34). The molecule has 1 amide bonds. The van der Waals surface area contributed by atoms with E-state index >= 15 is 0 Å². The molecule has 6 heteroatoms. The largest absolute Gasteiger partial charge is 0.493 e. The molecule has 4 aromatic carbocycles. The molecule has 1 N–H and O–H groups in total. The smallest absolute Gasteiger partial charge is 0.224 e. The summed E-state index contributed by atoms with van der Waals surface area (Å²) in [4.78, 5) is 12.6. The molecule has 0 saturated heterocycles. The van der Waals surface area contributed by atoms with Gasteiger partial charge in [0.25, 0.3) is 0 Å².